The number of ether oxygens (including phenoxy) is 1. The van der Waals surface area contributed by atoms with E-state index in [-0.39, 0.29) is 24.4 Å². The fraction of sp³-hybridized carbons (Fsp3) is 0.500. The molecule has 23 heavy (non-hydrogen) atoms. The first-order valence-corrected chi connectivity index (χ1v) is 7.78. The molecule has 1 aromatic rings. The molecular weight excluding hydrogens is 301 g/mol. The van der Waals surface area contributed by atoms with Crippen molar-refractivity contribution in [3.8, 4) is 0 Å². The maximum atomic E-state index is 13.3. The number of amides is 3. The monoisotopic (exact) mass is 323 g/mol. The van der Waals surface area contributed by atoms with Crippen LogP contribution in [0.15, 0.2) is 24.3 Å². The van der Waals surface area contributed by atoms with Gasteiger partial charge in [0.15, 0.2) is 0 Å². The van der Waals surface area contributed by atoms with Crippen LogP contribution in [-0.2, 0) is 9.53 Å². The lowest BCUT2D eigenvalue weighted by atomic mass is 10.2. The van der Waals surface area contributed by atoms with Crippen LogP contribution >= 0.6 is 0 Å². The number of halogens is 1. The first-order valence-electron chi connectivity index (χ1n) is 7.78. The number of nitrogens with one attached hydrogen (secondary N) is 2. The topological polar surface area (TPSA) is 70.7 Å². The van der Waals surface area contributed by atoms with E-state index < -0.39 is 5.82 Å². The van der Waals surface area contributed by atoms with Gasteiger partial charge in [-0.3, -0.25) is 4.79 Å². The van der Waals surface area contributed by atoms with Gasteiger partial charge in [-0.05, 0) is 31.5 Å². The van der Waals surface area contributed by atoms with Crippen LogP contribution in [0.5, 0.6) is 0 Å². The number of anilines is 1. The summed E-state index contributed by atoms with van der Waals surface area (Å²) in [7, 11) is 0. The molecule has 0 saturated carbocycles. The highest BCUT2D eigenvalue weighted by atomic mass is 19.1. The number of hydrogen-bond acceptors (Lipinski definition) is 3. The van der Waals surface area contributed by atoms with Crippen molar-refractivity contribution in [3.05, 3.63) is 30.1 Å². The molecule has 0 radical (unpaired) electrons. The first-order chi connectivity index (χ1) is 11.1. The third-order valence-corrected chi connectivity index (χ3v) is 3.54. The van der Waals surface area contributed by atoms with Gasteiger partial charge in [0.1, 0.15) is 5.82 Å². The summed E-state index contributed by atoms with van der Waals surface area (Å²) >= 11 is 0. The van der Waals surface area contributed by atoms with Crippen LogP contribution in [0.3, 0.4) is 0 Å². The second-order valence-electron chi connectivity index (χ2n) is 5.34. The largest absolute Gasteiger partial charge is 0.382 e. The SMILES string of the molecule is CCOCCCNC(=O)N[C@H]1CC(=O)N(c2cccc(F)c2)C1. The summed E-state index contributed by atoms with van der Waals surface area (Å²) in [6.45, 7) is 4.04. The Morgan fingerprint density at radius 2 is 2.30 bits per heavy atom. The highest BCUT2D eigenvalue weighted by Crippen LogP contribution is 2.22. The second-order valence-corrected chi connectivity index (χ2v) is 5.34. The third kappa shape index (κ3) is 5.21. The molecule has 1 fully saturated rings. The average Bonchev–Trinajstić information content (AvgIpc) is 2.87. The van der Waals surface area contributed by atoms with Crippen molar-refractivity contribution in [2.75, 3.05) is 31.2 Å². The van der Waals surface area contributed by atoms with Gasteiger partial charge in [0.05, 0.1) is 6.04 Å². The van der Waals surface area contributed by atoms with Crippen LogP contribution in [0.4, 0.5) is 14.9 Å². The normalized spacial score (nSPS) is 17.4. The summed E-state index contributed by atoms with van der Waals surface area (Å²) in [6.07, 6.45) is 0.948. The van der Waals surface area contributed by atoms with Crippen LogP contribution in [0.1, 0.15) is 19.8 Å². The zero-order valence-electron chi connectivity index (χ0n) is 13.2. The van der Waals surface area contributed by atoms with Gasteiger partial charge in [-0.2, -0.15) is 0 Å². The van der Waals surface area contributed by atoms with Gasteiger partial charge in [0.25, 0.3) is 0 Å². The minimum absolute atomic E-state index is 0.128. The second kappa shape index (κ2) is 8.47. The number of carbonyl (C=O) groups is 2. The highest BCUT2D eigenvalue weighted by molar-refractivity contribution is 5.96. The predicted octanol–water partition coefficient (Wildman–Crippen LogP) is 1.66. The summed E-state index contributed by atoms with van der Waals surface area (Å²) < 4.78 is 18.4. The number of rotatable bonds is 7. The van der Waals surface area contributed by atoms with E-state index in [0.29, 0.717) is 32.0 Å². The molecule has 0 aromatic heterocycles. The Hall–Kier alpha value is -2.15. The van der Waals surface area contributed by atoms with Crippen molar-refractivity contribution in [2.45, 2.75) is 25.8 Å². The van der Waals surface area contributed by atoms with Crippen LogP contribution in [0.25, 0.3) is 0 Å². The van der Waals surface area contributed by atoms with Crippen molar-refractivity contribution in [3.63, 3.8) is 0 Å². The minimum atomic E-state index is -0.390. The number of carbonyl (C=O) groups excluding carboxylic acids is 2. The number of nitrogens with zero attached hydrogens (tertiary/aromatic N) is 1. The summed E-state index contributed by atoms with van der Waals surface area (Å²) in [5, 5.41) is 5.49. The maximum absolute atomic E-state index is 13.3. The molecule has 6 nitrogen and oxygen atoms in total. The van der Waals surface area contributed by atoms with Crippen LogP contribution < -0.4 is 15.5 Å². The van der Waals surface area contributed by atoms with Gasteiger partial charge in [-0.25, -0.2) is 9.18 Å². The van der Waals surface area contributed by atoms with Gasteiger partial charge in [-0.15, -0.1) is 0 Å². The molecule has 0 unspecified atom stereocenters. The van der Waals surface area contributed by atoms with E-state index >= 15 is 0 Å². The molecule has 0 spiro atoms. The lowest BCUT2D eigenvalue weighted by Crippen LogP contribution is -2.43. The molecule has 1 aliphatic rings. The average molecular weight is 323 g/mol. The summed E-state index contributed by atoms with van der Waals surface area (Å²) in [4.78, 5) is 25.3. The van der Waals surface area contributed by atoms with E-state index in [1.165, 1.54) is 17.0 Å². The lowest BCUT2D eigenvalue weighted by molar-refractivity contribution is -0.117. The van der Waals surface area contributed by atoms with Crippen molar-refractivity contribution in [1.82, 2.24) is 10.6 Å². The molecule has 7 heteroatoms. The molecule has 0 aliphatic carbocycles. The zero-order chi connectivity index (χ0) is 16.7. The molecule has 3 amide bonds. The fourth-order valence-corrected chi connectivity index (χ4v) is 2.45. The third-order valence-electron chi connectivity index (χ3n) is 3.54. The Morgan fingerprint density at radius 3 is 3.04 bits per heavy atom. The van der Waals surface area contributed by atoms with Crippen LogP contribution in [0.2, 0.25) is 0 Å². The van der Waals surface area contributed by atoms with E-state index in [0.717, 1.165) is 6.42 Å². The molecular formula is C16H22FN3O3. The van der Waals surface area contributed by atoms with Crippen LogP contribution in [0, 0.1) is 5.82 Å². The van der Waals surface area contributed by atoms with Crippen molar-refractivity contribution in [1.29, 1.82) is 0 Å². The van der Waals surface area contributed by atoms with Gasteiger partial charge in [0.2, 0.25) is 5.91 Å². The predicted molar refractivity (Wildman–Crippen MR) is 84.8 cm³/mol. The number of hydrogen-bond donors (Lipinski definition) is 2. The molecule has 1 saturated heterocycles. The fourth-order valence-electron chi connectivity index (χ4n) is 2.45. The van der Waals surface area contributed by atoms with E-state index in [2.05, 4.69) is 10.6 Å². The van der Waals surface area contributed by atoms with Gasteiger partial charge in [-0.1, -0.05) is 6.07 Å². The standard InChI is InChI=1S/C16H22FN3O3/c1-2-23-8-4-7-18-16(22)19-13-10-15(21)20(11-13)14-6-3-5-12(17)9-14/h3,5-6,9,13H,2,4,7-8,10-11H2,1H3,(H2,18,19,22)/t13-/m0/s1. The van der Waals surface area contributed by atoms with Gasteiger partial charge < -0.3 is 20.3 Å². The highest BCUT2D eigenvalue weighted by Gasteiger charge is 2.31. The Kier molecular flexibility index (Phi) is 6.34. The molecule has 1 aliphatic heterocycles. The molecule has 2 rings (SSSR count). The summed E-state index contributed by atoms with van der Waals surface area (Å²) in [5.41, 5.74) is 0.511. The molecule has 1 aromatic carbocycles. The van der Waals surface area contributed by atoms with E-state index in [4.69, 9.17) is 4.74 Å². The van der Waals surface area contributed by atoms with Crippen LogP contribution in [-0.4, -0.2) is 44.3 Å². The number of benzene rings is 1. The molecule has 2 N–H and O–H groups in total. The summed E-state index contributed by atoms with van der Waals surface area (Å²) in [5.74, 6) is -0.518. The lowest BCUT2D eigenvalue weighted by Gasteiger charge is -2.17. The molecule has 1 heterocycles. The van der Waals surface area contributed by atoms with Gasteiger partial charge >= 0.3 is 6.03 Å². The maximum Gasteiger partial charge on any atom is 0.315 e. The molecule has 1 atom stereocenters. The van der Waals surface area contributed by atoms with Gasteiger partial charge in [0, 0.05) is 38.4 Å². The minimum Gasteiger partial charge on any atom is -0.382 e. The van der Waals surface area contributed by atoms with Crippen molar-refractivity contribution in [2.24, 2.45) is 0 Å². The van der Waals surface area contributed by atoms with E-state index in [1.807, 2.05) is 6.92 Å². The first kappa shape index (κ1) is 17.2. The van der Waals surface area contributed by atoms with Crippen molar-refractivity contribution < 1.29 is 18.7 Å². The summed E-state index contributed by atoms with van der Waals surface area (Å²) in [6, 6.07) is 5.29. The Labute approximate surface area is 135 Å². The molecule has 0 bridgehead atoms. The quantitative estimate of drug-likeness (QED) is 0.750. The molecule has 126 valence electrons. The van der Waals surface area contributed by atoms with E-state index in [1.54, 1.807) is 12.1 Å². The smallest absolute Gasteiger partial charge is 0.315 e. The Balaban J connectivity index is 1.77. The Bertz CT molecular complexity index is 553. The zero-order valence-corrected chi connectivity index (χ0v) is 13.2. The Morgan fingerprint density at radius 1 is 1.48 bits per heavy atom. The van der Waals surface area contributed by atoms with E-state index in [9.17, 15) is 14.0 Å². The number of urea groups is 1. The van der Waals surface area contributed by atoms with Crippen molar-refractivity contribution >= 4 is 17.6 Å².